The van der Waals surface area contributed by atoms with E-state index in [-0.39, 0.29) is 31.0 Å². The summed E-state index contributed by atoms with van der Waals surface area (Å²) >= 11 is 0. The van der Waals surface area contributed by atoms with Gasteiger partial charge in [-0.05, 0) is 63.3 Å². The number of carboxylic acid groups (broad SMARTS) is 1. The molecule has 3 atom stereocenters. The van der Waals surface area contributed by atoms with Gasteiger partial charge in [-0.3, -0.25) is 4.79 Å². The molecule has 0 bridgehead atoms. The van der Waals surface area contributed by atoms with Crippen LogP contribution < -0.4 is 4.74 Å². The van der Waals surface area contributed by atoms with E-state index < -0.39 is 12.1 Å². The molecule has 0 amide bonds. The van der Waals surface area contributed by atoms with E-state index >= 15 is 0 Å². The third-order valence-corrected chi connectivity index (χ3v) is 5.91. The van der Waals surface area contributed by atoms with Gasteiger partial charge in [0, 0.05) is 12.5 Å². The summed E-state index contributed by atoms with van der Waals surface area (Å²) in [6, 6.07) is 7.63. The van der Waals surface area contributed by atoms with Crippen molar-refractivity contribution in [1.29, 1.82) is 0 Å². The van der Waals surface area contributed by atoms with E-state index in [2.05, 4.69) is 6.58 Å². The van der Waals surface area contributed by atoms with E-state index in [0.29, 0.717) is 19.4 Å². The Morgan fingerprint density at radius 3 is 2.58 bits per heavy atom. The first kappa shape index (κ1) is 31.0. The normalized spacial score (nSPS) is 19.7. The van der Waals surface area contributed by atoms with E-state index in [1.165, 1.54) is 6.08 Å². The first-order valence-corrected chi connectivity index (χ1v) is 12.8. The van der Waals surface area contributed by atoms with E-state index in [4.69, 9.17) is 19.3 Å². The summed E-state index contributed by atoms with van der Waals surface area (Å²) in [5.41, 5.74) is 3.92. The average molecular weight is 525 g/mol. The fourth-order valence-electron chi connectivity index (χ4n) is 4.16. The Balaban J connectivity index is 1.76. The number of carboxylic acids is 1. The summed E-state index contributed by atoms with van der Waals surface area (Å²) in [5.74, 6) is -0.280. The smallest absolute Gasteiger partial charge is 0.328 e. The highest BCUT2D eigenvalue weighted by Crippen LogP contribution is 2.27. The van der Waals surface area contributed by atoms with Gasteiger partial charge >= 0.3 is 5.97 Å². The number of ketones is 1. The minimum Gasteiger partial charge on any atom is -0.497 e. The Bertz CT molecular complexity index is 1050. The molecule has 7 heteroatoms. The van der Waals surface area contributed by atoms with Crippen LogP contribution in [0.5, 0.6) is 5.75 Å². The number of hydrogen-bond acceptors (Lipinski definition) is 6. The van der Waals surface area contributed by atoms with Crippen molar-refractivity contribution in [2.45, 2.75) is 70.9 Å². The van der Waals surface area contributed by atoms with Crippen molar-refractivity contribution >= 4 is 11.8 Å². The summed E-state index contributed by atoms with van der Waals surface area (Å²) in [7, 11) is 1.63. The van der Waals surface area contributed by atoms with Gasteiger partial charge in [-0.1, -0.05) is 59.7 Å². The average Bonchev–Trinajstić information content (AvgIpc) is 2.83. The van der Waals surface area contributed by atoms with Gasteiger partial charge in [-0.15, -0.1) is 0 Å². The third-order valence-electron chi connectivity index (χ3n) is 5.91. The molecule has 0 aromatic heterocycles. The Hall–Kier alpha value is -3.26. The number of allylic oxidation sites excluding steroid dienone is 4. The van der Waals surface area contributed by atoms with Gasteiger partial charge in [0.05, 0.1) is 38.6 Å². The van der Waals surface area contributed by atoms with Gasteiger partial charge in [0.15, 0.2) is 5.78 Å². The van der Waals surface area contributed by atoms with Gasteiger partial charge < -0.3 is 24.4 Å². The first-order chi connectivity index (χ1) is 18.1. The monoisotopic (exact) mass is 524 g/mol. The molecular weight excluding hydrogens is 484 g/mol. The molecule has 38 heavy (non-hydrogen) atoms. The van der Waals surface area contributed by atoms with Crippen molar-refractivity contribution in [2.24, 2.45) is 0 Å². The van der Waals surface area contributed by atoms with Gasteiger partial charge in [-0.2, -0.15) is 0 Å². The molecule has 0 saturated carbocycles. The number of aliphatic hydroxyl groups excluding tert-OH is 1. The zero-order valence-electron chi connectivity index (χ0n) is 22.6. The predicted octanol–water partition coefficient (Wildman–Crippen LogP) is 5.51. The first-order valence-electron chi connectivity index (χ1n) is 12.8. The molecule has 0 radical (unpaired) electrons. The van der Waals surface area contributed by atoms with E-state index in [0.717, 1.165) is 46.9 Å². The van der Waals surface area contributed by atoms with Crippen LogP contribution in [0.1, 0.15) is 51.5 Å². The zero-order valence-corrected chi connectivity index (χ0v) is 22.6. The van der Waals surface area contributed by atoms with Crippen LogP contribution in [0, 0.1) is 0 Å². The van der Waals surface area contributed by atoms with Gasteiger partial charge in [0.2, 0.25) is 0 Å². The Morgan fingerprint density at radius 1 is 1.16 bits per heavy atom. The van der Waals surface area contributed by atoms with Gasteiger partial charge in [-0.25, -0.2) is 4.79 Å². The zero-order chi connectivity index (χ0) is 27.9. The van der Waals surface area contributed by atoms with E-state index in [1.54, 1.807) is 26.2 Å². The van der Waals surface area contributed by atoms with Crippen LogP contribution in [-0.4, -0.2) is 54.0 Å². The highest BCUT2D eigenvalue weighted by Gasteiger charge is 2.23. The van der Waals surface area contributed by atoms with Gasteiger partial charge in [0.25, 0.3) is 0 Å². The number of carbonyl (C=O) groups is 2. The summed E-state index contributed by atoms with van der Waals surface area (Å²) in [6.07, 6.45) is 11.5. The maximum absolute atomic E-state index is 12.2. The maximum Gasteiger partial charge on any atom is 0.328 e. The Labute approximate surface area is 225 Å². The van der Waals surface area contributed by atoms with Crippen molar-refractivity contribution in [2.75, 3.05) is 13.7 Å². The molecule has 7 nitrogen and oxygen atoms in total. The Kier molecular flexibility index (Phi) is 13.5. The lowest BCUT2D eigenvalue weighted by Gasteiger charge is -2.30. The number of aliphatic carboxylic acids is 1. The maximum atomic E-state index is 12.2. The molecule has 1 aliphatic heterocycles. The highest BCUT2D eigenvalue weighted by atomic mass is 16.5. The minimum absolute atomic E-state index is 0.0485. The molecule has 2 N–H and O–H groups in total. The summed E-state index contributed by atoms with van der Waals surface area (Å²) < 4.78 is 17.0. The van der Waals surface area contributed by atoms with Crippen molar-refractivity contribution in [3.8, 4) is 5.75 Å². The van der Waals surface area contributed by atoms with Crippen molar-refractivity contribution in [3.63, 3.8) is 0 Å². The molecule has 1 aliphatic rings. The Morgan fingerprint density at radius 2 is 1.89 bits per heavy atom. The van der Waals surface area contributed by atoms with Crippen molar-refractivity contribution in [3.05, 3.63) is 89.6 Å². The highest BCUT2D eigenvalue weighted by molar-refractivity contribution is 5.91. The quantitative estimate of drug-likeness (QED) is 0.177. The van der Waals surface area contributed by atoms with Crippen LogP contribution in [0.4, 0.5) is 0 Å². The lowest BCUT2D eigenvalue weighted by Crippen LogP contribution is -2.27. The topological polar surface area (TPSA) is 102 Å². The molecule has 1 aromatic carbocycles. The van der Waals surface area contributed by atoms with Crippen LogP contribution in [0.2, 0.25) is 0 Å². The van der Waals surface area contributed by atoms with Crippen molar-refractivity contribution < 1.29 is 34.0 Å². The molecule has 206 valence electrons. The second-order valence-corrected chi connectivity index (χ2v) is 9.68. The third kappa shape index (κ3) is 12.8. The lowest BCUT2D eigenvalue weighted by atomic mass is 9.95. The fourth-order valence-corrected chi connectivity index (χ4v) is 4.16. The van der Waals surface area contributed by atoms with Crippen LogP contribution in [0.15, 0.2) is 84.0 Å². The number of rotatable bonds is 15. The molecule has 1 aromatic rings. The summed E-state index contributed by atoms with van der Waals surface area (Å²) in [5, 5.41) is 19.0. The molecule has 1 heterocycles. The second-order valence-electron chi connectivity index (χ2n) is 9.68. The second kappa shape index (κ2) is 16.6. The van der Waals surface area contributed by atoms with Crippen LogP contribution in [-0.2, 0) is 25.7 Å². The summed E-state index contributed by atoms with van der Waals surface area (Å²) in [6.45, 7) is 8.57. The number of hydrogen-bond donors (Lipinski definition) is 2. The molecule has 2 rings (SSSR count). The van der Waals surface area contributed by atoms with Crippen LogP contribution in [0.3, 0.4) is 0 Å². The number of benzene rings is 1. The summed E-state index contributed by atoms with van der Waals surface area (Å²) in [4.78, 5) is 22.7. The molecule has 0 aliphatic carbocycles. The number of aliphatic hydroxyl groups is 1. The van der Waals surface area contributed by atoms with Crippen LogP contribution >= 0.6 is 0 Å². The van der Waals surface area contributed by atoms with Gasteiger partial charge in [0.1, 0.15) is 5.75 Å². The number of carbonyl (C=O) groups excluding carboxylic acids is 1. The van der Waals surface area contributed by atoms with E-state index in [1.807, 2.05) is 43.3 Å². The van der Waals surface area contributed by atoms with Crippen molar-refractivity contribution in [1.82, 2.24) is 0 Å². The van der Waals surface area contributed by atoms with E-state index in [9.17, 15) is 14.7 Å². The fraction of sp³-hybridized carbons (Fsp3) is 0.419. The SMILES string of the molecule is C=C1C[C@H](C/C=C/C(=O)C/C(C)=C/C=C/C(=O)O)O[C@H](/C=C(\C)C[C@H](O)COCc2ccc(OC)cc2)C1. The molecule has 1 fully saturated rings. The number of methoxy groups -OCH3 is 1. The molecule has 0 spiro atoms. The minimum atomic E-state index is -1.02. The lowest BCUT2D eigenvalue weighted by molar-refractivity contribution is -0.131. The largest absolute Gasteiger partial charge is 0.497 e. The standard InChI is InChI=1S/C31H40O7/c1-22(7-5-10-31(34)35)15-26(32)8-6-9-29-17-24(3)19-30(38-29)18-23(2)16-27(33)21-37-20-25-11-13-28(36-4)14-12-25/h5-8,10-14,18,27,29-30,33H,3,9,15-17,19-21H2,1-2,4H3,(H,34,35)/b8-6+,10-5+,22-7+,23-18+/t27-,29-,30+/m0/s1. The molecule has 1 saturated heterocycles. The number of ether oxygens (including phenoxy) is 3. The molecule has 0 unspecified atom stereocenters. The van der Waals surface area contributed by atoms with Crippen LogP contribution in [0.25, 0.3) is 0 Å². The predicted molar refractivity (Wildman–Crippen MR) is 148 cm³/mol. The molecular formula is C31H40O7.